The molecule has 1 N–H and O–H groups in total. The van der Waals surface area contributed by atoms with E-state index in [2.05, 4.69) is 21.3 Å². The molecule has 0 unspecified atom stereocenters. The Balaban J connectivity index is 0.00000484. The molecule has 0 saturated carbocycles. The Hall–Kier alpha value is -0.570. The Kier molecular flexibility index (Phi) is 13.5. The summed E-state index contributed by atoms with van der Waals surface area (Å²) in [5.41, 5.74) is 1.15. The predicted octanol–water partition coefficient (Wildman–Crippen LogP) is 3.02. The van der Waals surface area contributed by atoms with Crippen molar-refractivity contribution in [1.82, 2.24) is 10.2 Å². The normalized spacial score (nSPS) is 11.0. The number of methoxy groups -OCH3 is 1. The number of hydrogen-bond acceptors (Lipinski definition) is 3. The number of guanidine groups is 1. The molecular formula is C16H27ClIN3O2. The minimum absolute atomic E-state index is 0. The number of benzene rings is 1. The van der Waals surface area contributed by atoms with Crippen LogP contribution in [-0.4, -0.2) is 58.4 Å². The van der Waals surface area contributed by atoms with E-state index in [0.717, 1.165) is 36.1 Å². The van der Waals surface area contributed by atoms with Crippen molar-refractivity contribution in [3.8, 4) is 0 Å². The van der Waals surface area contributed by atoms with Crippen molar-refractivity contribution in [3.63, 3.8) is 0 Å². The molecule has 132 valence electrons. The number of ether oxygens (including phenoxy) is 2. The molecule has 0 spiro atoms. The smallest absolute Gasteiger partial charge is 0.193 e. The van der Waals surface area contributed by atoms with Crippen LogP contribution in [0.15, 0.2) is 29.3 Å². The first kappa shape index (κ1) is 22.4. The minimum atomic E-state index is 0. The fraction of sp³-hybridized carbons (Fsp3) is 0.562. The van der Waals surface area contributed by atoms with Crippen molar-refractivity contribution < 1.29 is 9.47 Å². The SMILES string of the molecule is CN=C(NCCCOCCOC)N(C)Cc1cccc(Cl)c1.I. The molecule has 0 bridgehead atoms. The van der Waals surface area contributed by atoms with E-state index in [1.807, 2.05) is 25.2 Å². The summed E-state index contributed by atoms with van der Waals surface area (Å²) in [7, 11) is 5.46. The van der Waals surface area contributed by atoms with E-state index < -0.39 is 0 Å². The van der Waals surface area contributed by atoms with E-state index in [9.17, 15) is 0 Å². The molecule has 0 amide bonds. The van der Waals surface area contributed by atoms with Gasteiger partial charge in [0.1, 0.15) is 0 Å². The van der Waals surface area contributed by atoms with E-state index in [1.165, 1.54) is 0 Å². The van der Waals surface area contributed by atoms with Crippen LogP contribution >= 0.6 is 35.6 Å². The lowest BCUT2D eigenvalue weighted by atomic mass is 10.2. The van der Waals surface area contributed by atoms with Crippen molar-refractivity contribution in [3.05, 3.63) is 34.9 Å². The molecule has 0 aromatic heterocycles. The second kappa shape index (κ2) is 13.8. The molecule has 1 aromatic rings. The second-order valence-electron chi connectivity index (χ2n) is 4.92. The van der Waals surface area contributed by atoms with E-state index in [0.29, 0.717) is 19.8 Å². The van der Waals surface area contributed by atoms with Crippen LogP contribution in [0.2, 0.25) is 5.02 Å². The van der Waals surface area contributed by atoms with Gasteiger partial charge >= 0.3 is 0 Å². The Bertz CT molecular complexity index is 461. The van der Waals surface area contributed by atoms with E-state index in [-0.39, 0.29) is 24.0 Å². The molecule has 0 aliphatic rings. The van der Waals surface area contributed by atoms with Crippen molar-refractivity contribution in [2.75, 3.05) is 47.6 Å². The van der Waals surface area contributed by atoms with E-state index in [4.69, 9.17) is 21.1 Å². The first-order chi connectivity index (χ1) is 10.7. The van der Waals surface area contributed by atoms with Gasteiger partial charge in [-0.2, -0.15) is 0 Å². The third-order valence-electron chi connectivity index (χ3n) is 3.06. The standard InChI is InChI=1S/C16H26ClN3O2.HI/c1-18-16(19-8-5-9-22-11-10-21-3)20(2)13-14-6-4-7-15(17)12-14;/h4,6-7,12H,5,8-11,13H2,1-3H3,(H,18,19);1H. The van der Waals surface area contributed by atoms with Gasteiger partial charge < -0.3 is 19.7 Å². The van der Waals surface area contributed by atoms with Gasteiger partial charge in [-0.25, -0.2) is 0 Å². The average molecular weight is 456 g/mol. The molecule has 5 nitrogen and oxygen atoms in total. The summed E-state index contributed by atoms with van der Waals surface area (Å²) in [6, 6.07) is 7.86. The molecular weight excluding hydrogens is 429 g/mol. The highest BCUT2D eigenvalue weighted by Gasteiger charge is 2.06. The Morgan fingerprint density at radius 1 is 1.30 bits per heavy atom. The molecule has 0 radical (unpaired) electrons. The number of nitrogens with one attached hydrogen (secondary N) is 1. The van der Waals surface area contributed by atoms with Gasteiger partial charge in [0, 0.05) is 45.9 Å². The topological polar surface area (TPSA) is 46.1 Å². The molecule has 23 heavy (non-hydrogen) atoms. The quantitative estimate of drug-likeness (QED) is 0.269. The van der Waals surface area contributed by atoms with Crippen LogP contribution in [0.3, 0.4) is 0 Å². The van der Waals surface area contributed by atoms with Gasteiger partial charge in [0.05, 0.1) is 13.2 Å². The van der Waals surface area contributed by atoms with Gasteiger partial charge in [0.15, 0.2) is 5.96 Å². The van der Waals surface area contributed by atoms with Gasteiger partial charge in [-0.15, -0.1) is 24.0 Å². The summed E-state index contributed by atoms with van der Waals surface area (Å²) in [4.78, 5) is 6.36. The summed E-state index contributed by atoms with van der Waals surface area (Å²) in [5.74, 6) is 0.858. The molecule has 0 atom stereocenters. The average Bonchev–Trinajstić information content (AvgIpc) is 2.50. The minimum Gasteiger partial charge on any atom is -0.382 e. The second-order valence-corrected chi connectivity index (χ2v) is 5.36. The largest absolute Gasteiger partial charge is 0.382 e. The summed E-state index contributed by atoms with van der Waals surface area (Å²) in [6.45, 7) is 3.56. The maximum absolute atomic E-state index is 6.01. The lowest BCUT2D eigenvalue weighted by molar-refractivity contribution is 0.0698. The fourth-order valence-corrected chi connectivity index (χ4v) is 2.20. The van der Waals surface area contributed by atoms with Crippen molar-refractivity contribution in [2.24, 2.45) is 4.99 Å². The van der Waals surface area contributed by atoms with Gasteiger partial charge in [-0.1, -0.05) is 23.7 Å². The van der Waals surface area contributed by atoms with Crippen molar-refractivity contribution in [2.45, 2.75) is 13.0 Å². The van der Waals surface area contributed by atoms with Crippen LogP contribution in [0.4, 0.5) is 0 Å². The summed E-state index contributed by atoms with van der Waals surface area (Å²) in [6.07, 6.45) is 0.924. The Morgan fingerprint density at radius 2 is 2.09 bits per heavy atom. The maximum Gasteiger partial charge on any atom is 0.193 e. The highest BCUT2D eigenvalue weighted by molar-refractivity contribution is 14.0. The monoisotopic (exact) mass is 455 g/mol. The van der Waals surface area contributed by atoms with Gasteiger partial charge in [0.25, 0.3) is 0 Å². The van der Waals surface area contributed by atoms with Crippen molar-refractivity contribution in [1.29, 1.82) is 0 Å². The molecule has 1 rings (SSSR count). The lowest BCUT2D eigenvalue weighted by Gasteiger charge is -2.22. The maximum atomic E-state index is 6.01. The molecule has 0 saturated heterocycles. The first-order valence-electron chi connectivity index (χ1n) is 7.40. The summed E-state index contributed by atoms with van der Waals surface area (Å²) in [5, 5.41) is 4.08. The number of rotatable bonds is 9. The first-order valence-corrected chi connectivity index (χ1v) is 7.78. The Morgan fingerprint density at radius 3 is 2.74 bits per heavy atom. The molecule has 0 aliphatic carbocycles. The zero-order valence-electron chi connectivity index (χ0n) is 14.0. The third kappa shape index (κ3) is 10.0. The van der Waals surface area contributed by atoms with Crippen molar-refractivity contribution >= 4 is 41.5 Å². The number of aliphatic imine (C=N–C) groups is 1. The molecule has 0 fully saturated rings. The summed E-state index contributed by atoms with van der Waals surface area (Å²) >= 11 is 6.01. The van der Waals surface area contributed by atoms with E-state index >= 15 is 0 Å². The molecule has 0 heterocycles. The van der Waals surface area contributed by atoms with Crippen LogP contribution in [0.1, 0.15) is 12.0 Å². The van der Waals surface area contributed by atoms with Crippen LogP contribution in [0.5, 0.6) is 0 Å². The predicted molar refractivity (Wildman–Crippen MR) is 107 cm³/mol. The van der Waals surface area contributed by atoms with Gasteiger partial charge in [-0.05, 0) is 24.1 Å². The van der Waals surface area contributed by atoms with Crippen LogP contribution in [0, 0.1) is 0 Å². The van der Waals surface area contributed by atoms with Gasteiger partial charge in [0.2, 0.25) is 0 Å². The third-order valence-corrected chi connectivity index (χ3v) is 3.30. The lowest BCUT2D eigenvalue weighted by Crippen LogP contribution is -2.39. The summed E-state index contributed by atoms with van der Waals surface area (Å²) < 4.78 is 10.4. The van der Waals surface area contributed by atoms with Crippen LogP contribution in [0.25, 0.3) is 0 Å². The molecule has 1 aromatic carbocycles. The van der Waals surface area contributed by atoms with Crippen LogP contribution < -0.4 is 5.32 Å². The fourth-order valence-electron chi connectivity index (χ4n) is 1.99. The number of halogens is 2. The number of hydrogen-bond donors (Lipinski definition) is 1. The zero-order chi connectivity index (χ0) is 16.2. The zero-order valence-corrected chi connectivity index (χ0v) is 17.1. The number of nitrogens with zero attached hydrogens (tertiary/aromatic N) is 2. The highest BCUT2D eigenvalue weighted by Crippen LogP contribution is 2.12. The molecule has 0 aliphatic heterocycles. The Labute approximate surface area is 161 Å². The van der Waals surface area contributed by atoms with Crippen LogP contribution in [-0.2, 0) is 16.0 Å². The van der Waals surface area contributed by atoms with E-state index in [1.54, 1.807) is 14.2 Å². The highest BCUT2D eigenvalue weighted by atomic mass is 127. The van der Waals surface area contributed by atoms with Gasteiger partial charge in [-0.3, -0.25) is 4.99 Å². The molecule has 7 heteroatoms.